The molecule has 1 aromatic carbocycles. The van der Waals surface area contributed by atoms with Crippen LogP contribution in [0.5, 0.6) is 11.5 Å². The Labute approximate surface area is 113 Å². The highest BCUT2D eigenvalue weighted by Gasteiger charge is 2.49. The largest absolute Gasteiger partial charge is 0.454 e. The van der Waals surface area contributed by atoms with E-state index in [0.717, 1.165) is 12.1 Å². The molecule has 0 atom stereocenters. The molecule has 11 heteroatoms. The summed E-state index contributed by atoms with van der Waals surface area (Å²) >= 11 is 0. The Morgan fingerprint density at radius 2 is 1.90 bits per heavy atom. The van der Waals surface area contributed by atoms with Gasteiger partial charge in [-0.2, -0.15) is 8.78 Å². The third kappa shape index (κ3) is 2.66. The molecule has 1 heterocycles. The zero-order chi connectivity index (χ0) is 15.8. The molecule has 0 spiro atoms. The van der Waals surface area contributed by atoms with Crippen molar-refractivity contribution in [3.8, 4) is 11.5 Å². The highest BCUT2D eigenvalue weighted by Crippen LogP contribution is 2.41. The molecule has 7 nitrogen and oxygen atoms in total. The fourth-order valence-electron chi connectivity index (χ4n) is 1.49. The van der Waals surface area contributed by atoms with Gasteiger partial charge in [-0.05, 0) is 0 Å². The molecule has 1 aromatic rings. The standard InChI is InChI=1S/C10H6F4N2O5/c11-8(12)10(13,14)9(17)15-4-1-6-7(21-3-20-6)2-5(4)16(18)19/h1-2,8H,3H2,(H,15,17). The van der Waals surface area contributed by atoms with Gasteiger partial charge in [-0.15, -0.1) is 0 Å². The van der Waals surface area contributed by atoms with Crippen LogP contribution in [0.15, 0.2) is 12.1 Å². The van der Waals surface area contributed by atoms with Gasteiger partial charge in [-0.3, -0.25) is 14.9 Å². The number of hydrogen-bond acceptors (Lipinski definition) is 5. The van der Waals surface area contributed by atoms with Gasteiger partial charge in [0.1, 0.15) is 5.69 Å². The highest BCUT2D eigenvalue weighted by molar-refractivity contribution is 5.98. The van der Waals surface area contributed by atoms with Crippen molar-refractivity contribution in [3.05, 3.63) is 22.2 Å². The summed E-state index contributed by atoms with van der Waals surface area (Å²) in [5.41, 5.74) is -1.49. The van der Waals surface area contributed by atoms with Gasteiger partial charge in [0.15, 0.2) is 11.5 Å². The average molecular weight is 310 g/mol. The number of benzene rings is 1. The summed E-state index contributed by atoms with van der Waals surface area (Å²) in [7, 11) is 0. The Hall–Kier alpha value is -2.59. The molecule has 0 unspecified atom stereocenters. The van der Waals surface area contributed by atoms with Crippen LogP contribution in [0.3, 0.4) is 0 Å². The molecule has 21 heavy (non-hydrogen) atoms. The van der Waals surface area contributed by atoms with Crippen LogP contribution in [0.4, 0.5) is 28.9 Å². The number of nitro benzene ring substituents is 1. The number of halogens is 4. The molecule has 1 N–H and O–H groups in total. The van der Waals surface area contributed by atoms with Crippen molar-refractivity contribution in [1.82, 2.24) is 0 Å². The molecule has 0 radical (unpaired) electrons. The molecular formula is C10H6F4N2O5. The lowest BCUT2D eigenvalue weighted by Gasteiger charge is -2.15. The minimum absolute atomic E-state index is 0.0275. The molecule has 0 saturated heterocycles. The number of anilines is 1. The maximum Gasteiger partial charge on any atom is 0.383 e. The monoisotopic (exact) mass is 310 g/mol. The van der Waals surface area contributed by atoms with Crippen LogP contribution in [0.2, 0.25) is 0 Å². The molecule has 0 aliphatic carbocycles. The predicted octanol–water partition coefficient (Wildman–Crippen LogP) is 2.16. The van der Waals surface area contributed by atoms with E-state index in [9.17, 15) is 32.5 Å². The molecule has 1 amide bonds. The van der Waals surface area contributed by atoms with Crippen LogP contribution in [0.1, 0.15) is 0 Å². The topological polar surface area (TPSA) is 90.7 Å². The van der Waals surface area contributed by atoms with E-state index in [0.29, 0.717) is 0 Å². The molecule has 1 aliphatic rings. The number of nitrogens with zero attached hydrogens (tertiary/aromatic N) is 1. The van der Waals surface area contributed by atoms with Crippen LogP contribution in [-0.2, 0) is 4.79 Å². The van der Waals surface area contributed by atoms with Crippen LogP contribution in [0, 0.1) is 10.1 Å². The Morgan fingerprint density at radius 1 is 1.33 bits per heavy atom. The zero-order valence-corrected chi connectivity index (χ0v) is 9.94. The van der Waals surface area contributed by atoms with Crippen LogP contribution in [-0.4, -0.2) is 30.0 Å². The summed E-state index contributed by atoms with van der Waals surface area (Å²) < 4.78 is 59.5. The second-order valence-electron chi connectivity index (χ2n) is 3.86. The van der Waals surface area contributed by atoms with E-state index in [1.165, 1.54) is 5.32 Å². The van der Waals surface area contributed by atoms with E-state index in [-0.39, 0.29) is 18.3 Å². The molecule has 0 saturated carbocycles. The Kier molecular flexibility index (Phi) is 3.58. The van der Waals surface area contributed by atoms with Crippen molar-refractivity contribution in [2.24, 2.45) is 0 Å². The van der Waals surface area contributed by atoms with E-state index in [4.69, 9.17) is 9.47 Å². The van der Waals surface area contributed by atoms with E-state index >= 15 is 0 Å². The molecular weight excluding hydrogens is 304 g/mol. The first-order chi connectivity index (χ1) is 9.73. The number of rotatable bonds is 4. The molecule has 0 aromatic heterocycles. The number of hydrogen-bond donors (Lipinski definition) is 1. The van der Waals surface area contributed by atoms with Gasteiger partial charge in [0.05, 0.1) is 11.0 Å². The number of ether oxygens (including phenoxy) is 2. The lowest BCUT2D eigenvalue weighted by Crippen LogP contribution is -2.41. The normalized spacial score (nSPS) is 13.4. The van der Waals surface area contributed by atoms with Crippen molar-refractivity contribution in [2.75, 3.05) is 12.1 Å². The molecule has 1 aliphatic heterocycles. The first-order valence-corrected chi connectivity index (χ1v) is 5.29. The van der Waals surface area contributed by atoms with Gasteiger partial charge < -0.3 is 14.8 Å². The molecule has 114 valence electrons. The highest BCUT2D eigenvalue weighted by atomic mass is 19.3. The van der Waals surface area contributed by atoms with Gasteiger partial charge in [0.2, 0.25) is 6.79 Å². The fraction of sp³-hybridized carbons (Fsp3) is 0.300. The van der Waals surface area contributed by atoms with Crippen molar-refractivity contribution >= 4 is 17.3 Å². The SMILES string of the molecule is O=C(Nc1cc2c(cc1[N+](=O)[O-])OCO2)C(F)(F)C(F)F. The third-order valence-corrected chi connectivity index (χ3v) is 2.51. The lowest BCUT2D eigenvalue weighted by atomic mass is 10.2. The van der Waals surface area contributed by atoms with Crippen molar-refractivity contribution in [2.45, 2.75) is 12.3 Å². The van der Waals surface area contributed by atoms with Crippen LogP contribution < -0.4 is 14.8 Å². The molecule has 0 fully saturated rings. The van der Waals surface area contributed by atoms with Crippen molar-refractivity contribution in [3.63, 3.8) is 0 Å². The van der Waals surface area contributed by atoms with Crippen LogP contribution >= 0.6 is 0 Å². The minimum atomic E-state index is -4.98. The number of amides is 1. The number of alkyl halides is 4. The van der Waals surface area contributed by atoms with Crippen molar-refractivity contribution in [1.29, 1.82) is 0 Å². The number of nitrogens with one attached hydrogen (secondary N) is 1. The lowest BCUT2D eigenvalue weighted by molar-refractivity contribution is -0.384. The van der Waals surface area contributed by atoms with E-state index in [2.05, 4.69) is 0 Å². The molecule has 2 rings (SSSR count). The molecule has 0 bridgehead atoms. The second kappa shape index (κ2) is 5.07. The maximum absolute atomic E-state index is 12.8. The Balaban J connectivity index is 2.36. The fourth-order valence-corrected chi connectivity index (χ4v) is 1.49. The smallest absolute Gasteiger partial charge is 0.383 e. The Morgan fingerprint density at radius 3 is 2.43 bits per heavy atom. The summed E-state index contributed by atoms with van der Waals surface area (Å²) in [5.74, 6) is -7.42. The van der Waals surface area contributed by atoms with E-state index in [1.807, 2.05) is 0 Å². The average Bonchev–Trinajstić information content (AvgIpc) is 2.84. The van der Waals surface area contributed by atoms with Gasteiger partial charge in [0, 0.05) is 6.07 Å². The first kappa shape index (κ1) is 14.8. The van der Waals surface area contributed by atoms with Gasteiger partial charge >= 0.3 is 18.3 Å². The zero-order valence-electron chi connectivity index (χ0n) is 9.94. The summed E-state index contributed by atoms with van der Waals surface area (Å²) in [6.07, 6.45) is -4.24. The number of fused-ring (bicyclic) bond motifs is 1. The summed E-state index contributed by atoms with van der Waals surface area (Å²) in [6, 6.07) is 1.68. The second-order valence-corrected chi connectivity index (χ2v) is 3.86. The van der Waals surface area contributed by atoms with E-state index < -0.39 is 34.6 Å². The van der Waals surface area contributed by atoms with Gasteiger partial charge in [-0.25, -0.2) is 8.78 Å². The number of carbonyl (C=O) groups is 1. The summed E-state index contributed by atoms with van der Waals surface area (Å²) in [4.78, 5) is 20.9. The van der Waals surface area contributed by atoms with Crippen LogP contribution in [0.25, 0.3) is 0 Å². The van der Waals surface area contributed by atoms with Gasteiger partial charge in [-0.1, -0.05) is 0 Å². The number of nitro groups is 1. The Bertz CT molecular complexity index is 607. The summed E-state index contributed by atoms with van der Waals surface area (Å²) in [6.45, 7) is -0.253. The van der Waals surface area contributed by atoms with E-state index in [1.54, 1.807) is 0 Å². The quantitative estimate of drug-likeness (QED) is 0.523. The summed E-state index contributed by atoms with van der Waals surface area (Å²) in [5, 5.41) is 12.2. The minimum Gasteiger partial charge on any atom is -0.454 e. The van der Waals surface area contributed by atoms with Gasteiger partial charge in [0.25, 0.3) is 5.69 Å². The third-order valence-electron chi connectivity index (χ3n) is 2.51. The van der Waals surface area contributed by atoms with Crippen molar-refractivity contribution < 1.29 is 36.8 Å². The predicted molar refractivity (Wildman–Crippen MR) is 58.8 cm³/mol. The first-order valence-electron chi connectivity index (χ1n) is 5.29. The maximum atomic E-state index is 12.8. The number of carbonyl (C=O) groups excluding carboxylic acids is 1.